The van der Waals surface area contributed by atoms with E-state index in [0.29, 0.717) is 30.3 Å². The van der Waals surface area contributed by atoms with Gasteiger partial charge in [-0.1, -0.05) is 108 Å². The number of nitrogens with zero attached hydrogens (tertiary/aromatic N) is 1. The molecule has 0 aliphatic carbocycles. The number of nitrogens with one attached hydrogen (secondary N) is 1. The number of anilines is 1. The molecule has 1 saturated heterocycles. The number of imide groups is 2. The standard InChI is InChI=1S/C32H44N2O5/c1-3-5-7-9-11-16-22-38-26-20-21-28(39-23-17-12-10-8-6-4-2)27(24-26)34-31(36)29(30(35)33-32(34)37)25-18-14-13-15-19-25/h13-15,18-21,24,29H,3-12,16-17,22-23H2,1-2H3,(H,33,35,37). The van der Waals surface area contributed by atoms with E-state index in [1.807, 2.05) is 12.1 Å². The maximum absolute atomic E-state index is 13.6. The monoisotopic (exact) mass is 536 g/mol. The smallest absolute Gasteiger partial charge is 0.335 e. The average Bonchev–Trinajstić information content (AvgIpc) is 2.93. The molecule has 7 heteroatoms. The largest absolute Gasteiger partial charge is 0.494 e. The maximum atomic E-state index is 13.6. The van der Waals surface area contributed by atoms with Gasteiger partial charge in [0.1, 0.15) is 17.4 Å². The van der Waals surface area contributed by atoms with Gasteiger partial charge in [-0.15, -0.1) is 0 Å². The van der Waals surface area contributed by atoms with Gasteiger partial charge in [0.05, 0.1) is 18.9 Å². The second-order valence-electron chi connectivity index (χ2n) is 10.2. The number of hydrogen-bond acceptors (Lipinski definition) is 5. The molecule has 2 aromatic carbocycles. The predicted molar refractivity (Wildman–Crippen MR) is 154 cm³/mol. The fraction of sp³-hybridized carbons (Fsp3) is 0.531. The molecule has 3 rings (SSSR count). The lowest BCUT2D eigenvalue weighted by Gasteiger charge is -2.31. The summed E-state index contributed by atoms with van der Waals surface area (Å²) >= 11 is 0. The molecule has 7 nitrogen and oxygen atoms in total. The van der Waals surface area contributed by atoms with Crippen molar-refractivity contribution >= 4 is 23.5 Å². The summed E-state index contributed by atoms with van der Waals surface area (Å²) < 4.78 is 12.1. The summed E-state index contributed by atoms with van der Waals surface area (Å²) in [5.74, 6) is -1.38. The minimum Gasteiger partial charge on any atom is -0.494 e. The SMILES string of the molecule is CCCCCCCCOc1ccc(OCCCCCCCC)c(N2C(=O)NC(=O)C(c3ccccc3)C2=O)c1. The molecule has 1 aliphatic heterocycles. The van der Waals surface area contributed by atoms with E-state index in [0.717, 1.165) is 37.0 Å². The van der Waals surface area contributed by atoms with E-state index in [9.17, 15) is 14.4 Å². The third-order valence-electron chi connectivity index (χ3n) is 6.99. The van der Waals surface area contributed by atoms with Crippen LogP contribution in [-0.2, 0) is 9.59 Å². The molecule has 0 spiro atoms. The van der Waals surface area contributed by atoms with Gasteiger partial charge in [-0.2, -0.15) is 0 Å². The van der Waals surface area contributed by atoms with Crippen molar-refractivity contribution in [3.8, 4) is 11.5 Å². The lowest BCUT2D eigenvalue weighted by molar-refractivity contribution is -0.130. The third-order valence-corrected chi connectivity index (χ3v) is 6.99. The molecule has 212 valence electrons. The van der Waals surface area contributed by atoms with Crippen LogP contribution < -0.4 is 19.7 Å². The third kappa shape index (κ3) is 9.12. The highest BCUT2D eigenvalue weighted by Gasteiger charge is 2.43. The minimum atomic E-state index is -1.12. The highest BCUT2D eigenvalue weighted by molar-refractivity contribution is 6.30. The van der Waals surface area contributed by atoms with Crippen molar-refractivity contribution in [2.45, 2.75) is 96.8 Å². The Kier molecular flexibility index (Phi) is 12.8. The quantitative estimate of drug-likeness (QED) is 0.157. The molecule has 1 unspecified atom stereocenters. The molecule has 0 aromatic heterocycles. The summed E-state index contributed by atoms with van der Waals surface area (Å²) in [6, 6.07) is 13.2. The van der Waals surface area contributed by atoms with Crippen LogP contribution in [0.25, 0.3) is 0 Å². The lowest BCUT2D eigenvalue weighted by Crippen LogP contribution is -2.57. The van der Waals surface area contributed by atoms with Gasteiger partial charge in [-0.05, 0) is 30.5 Å². The molecule has 1 aliphatic rings. The summed E-state index contributed by atoms with van der Waals surface area (Å²) in [5.41, 5.74) is 0.819. The highest BCUT2D eigenvalue weighted by atomic mass is 16.5. The summed E-state index contributed by atoms with van der Waals surface area (Å²) in [5, 5.41) is 2.36. The number of benzene rings is 2. The summed E-state index contributed by atoms with van der Waals surface area (Å²) in [4.78, 5) is 40.3. The number of barbiturate groups is 1. The Morgan fingerprint density at radius 3 is 1.95 bits per heavy atom. The molecule has 1 N–H and O–H groups in total. The molecule has 4 amide bonds. The van der Waals surface area contributed by atoms with Crippen molar-refractivity contribution in [2.24, 2.45) is 0 Å². The van der Waals surface area contributed by atoms with E-state index in [1.54, 1.807) is 36.4 Å². The number of amides is 4. The van der Waals surface area contributed by atoms with Crippen LogP contribution in [0, 0.1) is 0 Å². The van der Waals surface area contributed by atoms with Crippen LogP contribution in [-0.4, -0.2) is 31.1 Å². The van der Waals surface area contributed by atoms with Crippen LogP contribution in [0.15, 0.2) is 48.5 Å². The fourth-order valence-electron chi connectivity index (χ4n) is 4.76. The number of unbranched alkanes of at least 4 members (excludes halogenated alkanes) is 10. The zero-order chi connectivity index (χ0) is 27.9. The normalized spacial score (nSPS) is 15.4. The first-order valence-corrected chi connectivity index (χ1v) is 14.7. The summed E-state index contributed by atoms with van der Waals surface area (Å²) in [6.45, 7) is 5.42. The molecular weight excluding hydrogens is 492 g/mol. The van der Waals surface area contributed by atoms with Gasteiger partial charge in [0.2, 0.25) is 5.91 Å². The minimum absolute atomic E-state index is 0.289. The van der Waals surface area contributed by atoms with E-state index in [2.05, 4.69) is 19.2 Å². The first-order valence-electron chi connectivity index (χ1n) is 14.7. The Labute approximate surface area is 233 Å². The number of ether oxygens (including phenoxy) is 2. The molecule has 1 atom stereocenters. The van der Waals surface area contributed by atoms with Crippen molar-refractivity contribution < 1.29 is 23.9 Å². The van der Waals surface area contributed by atoms with Crippen molar-refractivity contribution in [1.82, 2.24) is 5.32 Å². The molecular formula is C32H44N2O5. The summed E-state index contributed by atoms with van der Waals surface area (Å²) in [7, 11) is 0. The zero-order valence-electron chi connectivity index (χ0n) is 23.6. The van der Waals surface area contributed by atoms with Crippen molar-refractivity contribution in [3.05, 3.63) is 54.1 Å². The van der Waals surface area contributed by atoms with E-state index >= 15 is 0 Å². The van der Waals surface area contributed by atoms with E-state index in [4.69, 9.17) is 9.47 Å². The molecule has 39 heavy (non-hydrogen) atoms. The number of hydrogen-bond donors (Lipinski definition) is 1. The number of urea groups is 1. The molecule has 1 fully saturated rings. The summed E-state index contributed by atoms with van der Waals surface area (Å²) in [6.07, 6.45) is 13.7. The lowest BCUT2D eigenvalue weighted by atomic mass is 9.95. The van der Waals surface area contributed by atoms with Gasteiger partial charge in [-0.25, -0.2) is 9.69 Å². The molecule has 1 heterocycles. The number of carbonyl (C=O) groups is 3. The number of rotatable bonds is 18. The van der Waals surface area contributed by atoms with Gasteiger partial charge in [0.25, 0.3) is 5.91 Å². The van der Waals surface area contributed by atoms with E-state index in [1.165, 1.54) is 44.9 Å². The maximum Gasteiger partial charge on any atom is 0.335 e. The van der Waals surface area contributed by atoms with Gasteiger partial charge < -0.3 is 9.47 Å². The zero-order valence-corrected chi connectivity index (χ0v) is 23.6. The average molecular weight is 537 g/mol. The van der Waals surface area contributed by atoms with E-state index < -0.39 is 23.8 Å². The second kappa shape index (κ2) is 16.6. The van der Waals surface area contributed by atoms with Gasteiger partial charge >= 0.3 is 6.03 Å². The Balaban J connectivity index is 1.76. The van der Waals surface area contributed by atoms with E-state index in [-0.39, 0.29) is 5.69 Å². The van der Waals surface area contributed by atoms with Gasteiger partial charge in [0, 0.05) is 6.07 Å². The second-order valence-corrected chi connectivity index (χ2v) is 10.2. The topological polar surface area (TPSA) is 84.9 Å². The number of carbonyl (C=O) groups excluding carboxylic acids is 3. The molecule has 0 bridgehead atoms. The van der Waals surface area contributed by atoms with Crippen LogP contribution >= 0.6 is 0 Å². The molecule has 2 aromatic rings. The van der Waals surface area contributed by atoms with Crippen LogP contribution in [0.2, 0.25) is 0 Å². The van der Waals surface area contributed by atoms with Crippen LogP contribution in [0.3, 0.4) is 0 Å². The van der Waals surface area contributed by atoms with Gasteiger partial charge in [0.15, 0.2) is 0 Å². The first kappa shape index (κ1) is 30.2. The predicted octanol–water partition coefficient (Wildman–Crippen LogP) is 7.53. The molecule has 0 saturated carbocycles. The van der Waals surface area contributed by atoms with Crippen molar-refractivity contribution in [3.63, 3.8) is 0 Å². The first-order chi connectivity index (χ1) is 19.1. The highest BCUT2D eigenvalue weighted by Crippen LogP contribution is 2.36. The molecule has 0 radical (unpaired) electrons. The fourth-order valence-corrected chi connectivity index (χ4v) is 4.76. The Morgan fingerprint density at radius 1 is 0.718 bits per heavy atom. The van der Waals surface area contributed by atoms with Crippen molar-refractivity contribution in [1.29, 1.82) is 0 Å². The Bertz CT molecular complexity index is 1060. The van der Waals surface area contributed by atoms with Crippen LogP contribution in [0.4, 0.5) is 10.5 Å². The van der Waals surface area contributed by atoms with Crippen LogP contribution in [0.1, 0.15) is 102 Å². The Hall–Kier alpha value is -3.35. The van der Waals surface area contributed by atoms with Gasteiger partial charge in [-0.3, -0.25) is 14.9 Å². The van der Waals surface area contributed by atoms with Crippen molar-refractivity contribution in [2.75, 3.05) is 18.1 Å². The van der Waals surface area contributed by atoms with Crippen LogP contribution in [0.5, 0.6) is 11.5 Å². The Morgan fingerprint density at radius 2 is 1.31 bits per heavy atom.